The van der Waals surface area contributed by atoms with E-state index in [2.05, 4.69) is 0 Å². The highest BCUT2D eigenvalue weighted by Gasteiger charge is 2.60. The van der Waals surface area contributed by atoms with Crippen LogP contribution in [0.4, 0.5) is 0 Å². The van der Waals surface area contributed by atoms with Crippen molar-refractivity contribution in [2.75, 3.05) is 0 Å². The van der Waals surface area contributed by atoms with Crippen LogP contribution in [0.2, 0.25) is 0 Å². The first-order valence-corrected chi connectivity index (χ1v) is 5.13. The van der Waals surface area contributed by atoms with Gasteiger partial charge in [0, 0.05) is 0 Å². The van der Waals surface area contributed by atoms with Crippen molar-refractivity contribution in [1.29, 1.82) is 0 Å². The van der Waals surface area contributed by atoms with Crippen LogP contribution < -0.4 is 5.73 Å². The Labute approximate surface area is 87.8 Å². The third kappa shape index (κ3) is 1.56. The van der Waals surface area contributed by atoms with Crippen molar-refractivity contribution >= 4 is 23.2 Å². The van der Waals surface area contributed by atoms with Gasteiger partial charge >= 0.3 is 0 Å². The second-order valence-corrected chi connectivity index (χ2v) is 4.52. The van der Waals surface area contributed by atoms with Gasteiger partial charge in [-0.1, -0.05) is 30.3 Å². The number of benzene rings is 1. The van der Waals surface area contributed by atoms with Gasteiger partial charge < -0.3 is 5.73 Å². The molecule has 1 aliphatic carbocycles. The van der Waals surface area contributed by atoms with E-state index in [0.29, 0.717) is 0 Å². The van der Waals surface area contributed by atoms with E-state index in [1.54, 1.807) is 0 Å². The molecule has 0 spiro atoms. The van der Waals surface area contributed by atoms with E-state index in [0.717, 1.165) is 6.42 Å². The fourth-order valence-corrected chi connectivity index (χ4v) is 2.32. The lowest BCUT2D eigenvalue weighted by molar-refractivity contribution is 0.676. The Morgan fingerprint density at radius 2 is 1.69 bits per heavy atom. The molecule has 2 atom stereocenters. The minimum atomic E-state index is -0.398. The second kappa shape index (κ2) is 3.16. The predicted octanol–water partition coefficient (Wildman–Crippen LogP) is 2.16. The van der Waals surface area contributed by atoms with E-state index in [9.17, 15) is 0 Å². The maximum absolute atomic E-state index is 6.00. The summed E-state index contributed by atoms with van der Waals surface area (Å²) in [6, 6.07) is 10.1. The van der Waals surface area contributed by atoms with Crippen molar-refractivity contribution in [1.82, 2.24) is 0 Å². The lowest BCUT2D eigenvalue weighted by Crippen LogP contribution is -2.30. The first-order valence-electron chi connectivity index (χ1n) is 4.25. The molecule has 1 aliphatic rings. The Balaban J connectivity index is 2.08. The fourth-order valence-electron chi connectivity index (χ4n) is 1.51. The van der Waals surface area contributed by atoms with Gasteiger partial charge in [0.25, 0.3) is 0 Å². The van der Waals surface area contributed by atoms with Crippen molar-refractivity contribution in [2.24, 2.45) is 5.73 Å². The summed E-state index contributed by atoms with van der Waals surface area (Å²) in [4.78, 5) is 0. The van der Waals surface area contributed by atoms with Gasteiger partial charge in [0.15, 0.2) is 0 Å². The third-order valence-electron chi connectivity index (χ3n) is 2.53. The number of rotatable bonds is 2. The largest absolute Gasteiger partial charge is 0.322 e. The van der Waals surface area contributed by atoms with Crippen molar-refractivity contribution < 1.29 is 0 Å². The molecule has 3 heteroatoms. The molecule has 0 aromatic heterocycles. The molecule has 2 rings (SSSR count). The minimum Gasteiger partial charge on any atom is -0.322 e. The molecule has 1 fully saturated rings. The standard InChI is InChI=1S/C10H11Cl2N/c11-8-9(12)10(8,13)6-7-4-2-1-3-5-7/h1-5,8-9H,6,13H2. The summed E-state index contributed by atoms with van der Waals surface area (Å²) in [5.41, 5.74) is 6.80. The Hall–Kier alpha value is -0.240. The van der Waals surface area contributed by atoms with E-state index >= 15 is 0 Å². The monoisotopic (exact) mass is 215 g/mol. The molecule has 1 aromatic carbocycles. The average Bonchev–Trinajstić information content (AvgIpc) is 2.58. The van der Waals surface area contributed by atoms with Crippen LogP contribution in [0.25, 0.3) is 0 Å². The molecule has 1 saturated carbocycles. The Bertz CT molecular complexity index is 291. The van der Waals surface area contributed by atoms with Crippen molar-refractivity contribution in [2.45, 2.75) is 22.7 Å². The van der Waals surface area contributed by atoms with Gasteiger partial charge in [-0.2, -0.15) is 0 Å². The molecular formula is C10H11Cl2N. The quantitative estimate of drug-likeness (QED) is 0.753. The molecule has 2 unspecified atom stereocenters. The zero-order chi connectivity index (χ0) is 9.47. The maximum atomic E-state index is 6.00. The highest BCUT2D eigenvalue weighted by atomic mass is 35.5. The van der Waals surface area contributed by atoms with E-state index < -0.39 is 5.54 Å². The van der Waals surface area contributed by atoms with Gasteiger partial charge in [-0.05, 0) is 12.0 Å². The summed E-state index contributed by atoms with van der Waals surface area (Å²) < 4.78 is 0. The highest BCUT2D eigenvalue weighted by Crippen LogP contribution is 2.46. The summed E-state index contributed by atoms with van der Waals surface area (Å²) in [7, 11) is 0. The molecule has 1 nitrogen and oxygen atoms in total. The van der Waals surface area contributed by atoms with Crippen LogP contribution in [0, 0.1) is 0 Å². The molecule has 2 N–H and O–H groups in total. The van der Waals surface area contributed by atoms with Crippen LogP contribution in [-0.2, 0) is 6.42 Å². The van der Waals surface area contributed by atoms with Crippen molar-refractivity contribution in [3.63, 3.8) is 0 Å². The molecule has 0 heterocycles. The average molecular weight is 216 g/mol. The topological polar surface area (TPSA) is 26.0 Å². The van der Waals surface area contributed by atoms with E-state index in [1.165, 1.54) is 5.56 Å². The molecule has 13 heavy (non-hydrogen) atoms. The van der Waals surface area contributed by atoms with Crippen LogP contribution in [0.5, 0.6) is 0 Å². The molecule has 0 aliphatic heterocycles. The summed E-state index contributed by atoms with van der Waals surface area (Å²) >= 11 is 11.9. The first kappa shape index (κ1) is 9.32. The molecule has 0 saturated heterocycles. The van der Waals surface area contributed by atoms with E-state index in [1.807, 2.05) is 30.3 Å². The number of nitrogens with two attached hydrogens (primary N) is 1. The van der Waals surface area contributed by atoms with Crippen LogP contribution >= 0.6 is 23.2 Å². The maximum Gasteiger partial charge on any atom is 0.0716 e. The van der Waals surface area contributed by atoms with Crippen LogP contribution in [0.15, 0.2) is 30.3 Å². The zero-order valence-electron chi connectivity index (χ0n) is 7.08. The summed E-state index contributed by atoms with van der Waals surface area (Å²) in [6.45, 7) is 0. The van der Waals surface area contributed by atoms with Gasteiger partial charge in [-0.3, -0.25) is 0 Å². The van der Waals surface area contributed by atoms with Crippen molar-refractivity contribution in [3.05, 3.63) is 35.9 Å². The smallest absolute Gasteiger partial charge is 0.0716 e. The molecule has 70 valence electrons. The summed E-state index contributed by atoms with van der Waals surface area (Å²) in [5, 5.41) is -0.177. The van der Waals surface area contributed by atoms with E-state index in [4.69, 9.17) is 28.9 Å². The van der Waals surface area contributed by atoms with Gasteiger partial charge in [0.1, 0.15) is 0 Å². The highest BCUT2D eigenvalue weighted by molar-refractivity contribution is 6.36. The van der Waals surface area contributed by atoms with Crippen LogP contribution in [0.3, 0.4) is 0 Å². The third-order valence-corrected chi connectivity index (χ3v) is 3.97. The second-order valence-electron chi connectivity index (χ2n) is 3.58. The Morgan fingerprint density at radius 1 is 1.15 bits per heavy atom. The van der Waals surface area contributed by atoms with Gasteiger partial charge in [-0.25, -0.2) is 0 Å². The Kier molecular flexibility index (Phi) is 2.26. The number of halogens is 2. The van der Waals surface area contributed by atoms with E-state index in [-0.39, 0.29) is 10.8 Å². The summed E-state index contributed by atoms with van der Waals surface area (Å²) in [6.07, 6.45) is 0.760. The number of hydrogen-bond donors (Lipinski definition) is 1. The van der Waals surface area contributed by atoms with Gasteiger partial charge in [0.05, 0.1) is 16.3 Å². The lowest BCUT2D eigenvalue weighted by Gasteiger charge is -2.08. The predicted molar refractivity (Wildman–Crippen MR) is 56.3 cm³/mol. The van der Waals surface area contributed by atoms with Crippen molar-refractivity contribution in [3.8, 4) is 0 Å². The Morgan fingerprint density at radius 3 is 2.15 bits per heavy atom. The summed E-state index contributed by atoms with van der Waals surface area (Å²) in [5.74, 6) is 0. The zero-order valence-corrected chi connectivity index (χ0v) is 8.59. The number of hydrogen-bond acceptors (Lipinski definition) is 1. The molecule has 1 aromatic rings. The molecule has 0 bridgehead atoms. The SMILES string of the molecule is NC1(Cc2ccccc2)C(Cl)C1Cl. The van der Waals surface area contributed by atoms with Crippen LogP contribution in [-0.4, -0.2) is 16.3 Å². The molecule has 0 radical (unpaired) electrons. The lowest BCUT2D eigenvalue weighted by atomic mass is 10.1. The van der Waals surface area contributed by atoms with Gasteiger partial charge in [0.2, 0.25) is 0 Å². The minimum absolute atomic E-state index is 0.0885. The normalized spacial score (nSPS) is 37.5. The first-order chi connectivity index (χ1) is 6.14. The number of alkyl halides is 2. The van der Waals surface area contributed by atoms with Gasteiger partial charge in [-0.15, -0.1) is 23.2 Å². The molecular weight excluding hydrogens is 205 g/mol. The fraction of sp³-hybridized carbons (Fsp3) is 0.400. The van der Waals surface area contributed by atoms with Crippen LogP contribution in [0.1, 0.15) is 5.56 Å². The molecule has 0 amide bonds.